The summed E-state index contributed by atoms with van der Waals surface area (Å²) >= 11 is 1.02. The largest absolute Gasteiger partial charge is 0.465 e. The van der Waals surface area contributed by atoms with E-state index in [1.54, 1.807) is 13.0 Å². The number of thiophene rings is 1. The quantitative estimate of drug-likeness (QED) is 0.808. The molecule has 0 unspecified atom stereocenters. The summed E-state index contributed by atoms with van der Waals surface area (Å²) < 4.78 is 9.79. The first-order chi connectivity index (χ1) is 11.3. The first-order valence-electron chi connectivity index (χ1n) is 7.22. The number of nitrogens with one attached hydrogen (secondary N) is 2. The number of anilines is 1. The van der Waals surface area contributed by atoms with Gasteiger partial charge in [-0.25, -0.2) is 4.79 Å². The van der Waals surface area contributed by atoms with E-state index in [0.717, 1.165) is 11.3 Å². The van der Waals surface area contributed by atoms with Gasteiger partial charge >= 0.3 is 5.97 Å². The Labute approximate surface area is 143 Å². The number of methoxy groups -OCH3 is 1. The highest BCUT2D eigenvalue weighted by atomic mass is 32.1. The summed E-state index contributed by atoms with van der Waals surface area (Å²) in [6, 6.07) is 3.03. The van der Waals surface area contributed by atoms with Crippen molar-refractivity contribution in [3.05, 3.63) is 40.2 Å². The van der Waals surface area contributed by atoms with Crippen LogP contribution in [0, 0.1) is 6.92 Å². The summed E-state index contributed by atoms with van der Waals surface area (Å²) in [4.78, 5) is 36.8. The minimum atomic E-state index is -0.623. The van der Waals surface area contributed by atoms with Gasteiger partial charge in [0.2, 0.25) is 0 Å². The number of rotatable bonds is 5. The standard InChI is InChI=1S/C16H18N2O5S/c1-8(2)17-14(20)12-9(3)11(16(21)22-4)15(24-12)18-13(19)10-6-5-7-23-10/h5-8H,1-4H3,(H,17,20)(H,18,19). The van der Waals surface area contributed by atoms with Crippen LogP contribution in [0.2, 0.25) is 0 Å². The maximum Gasteiger partial charge on any atom is 0.341 e. The Kier molecular flexibility index (Phi) is 5.40. The van der Waals surface area contributed by atoms with E-state index in [1.165, 1.54) is 19.4 Å². The predicted octanol–water partition coefficient (Wildman–Crippen LogP) is 2.83. The number of hydrogen-bond acceptors (Lipinski definition) is 6. The molecule has 0 saturated carbocycles. The molecule has 0 aliphatic rings. The number of ether oxygens (including phenoxy) is 1. The SMILES string of the molecule is COC(=O)c1c(NC(=O)c2ccco2)sc(C(=O)NC(C)C)c1C. The molecule has 0 saturated heterocycles. The van der Waals surface area contributed by atoms with Crippen molar-refractivity contribution in [1.82, 2.24) is 5.32 Å². The summed E-state index contributed by atoms with van der Waals surface area (Å²) in [5.74, 6) is -1.34. The fraction of sp³-hybridized carbons (Fsp3) is 0.312. The molecule has 0 spiro atoms. The molecule has 8 heteroatoms. The van der Waals surface area contributed by atoms with Gasteiger partial charge in [-0.3, -0.25) is 9.59 Å². The Hall–Kier alpha value is -2.61. The molecule has 2 rings (SSSR count). The normalized spacial score (nSPS) is 10.5. The molecule has 0 radical (unpaired) electrons. The monoisotopic (exact) mass is 350 g/mol. The summed E-state index contributed by atoms with van der Waals surface area (Å²) in [6.45, 7) is 5.31. The van der Waals surface area contributed by atoms with E-state index in [-0.39, 0.29) is 28.3 Å². The average Bonchev–Trinajstić information content (AvgIpc) is 3.14. The topological polar surface area (TPSA) is 97.6 Å². The smallest absolute Gasteiger partial charge is 0.341 e. The highest BCUT2D eigenvalue weighted by Gasteiger charge is 2.27. The number of amides is 2. The fourth-order valence-corrected chi connectivity index (χ4v) is 3.16. The second kappa shape index (κ2) is 7.31. The lowest BCUT2D eigenvalue weighted by Crippen LogP contribution is -2.29. The van der Waals surface area contributed by atoms with Gasteiger partial charge in [0, 0.05) is 6.04 Å². The number of esters is 1. The highest BCUT2D eigenvalue weighted by Crippen LogP contribution is 2.34. The molecular weight excluding hydrogens is 332 g/mol. The van der Waals surface area contributed by atoms with Crippen LogP contribution in [0.5, 0.6) is 0 Å². The van der Waals surface area contributed by atoms with E-state index in [2.05, 4.69) is 10.6 Å². The maximum absolute atomic E-state index is 12.3. The number of carbonyl (C=O) groups is 3. The zero-order valence-corrected chi connectivity index (χ0v) is 14.6. The first kappa shape index (κ1) is 17.7. The minimum Gasteiger partial charge on any atom is -0.465 e. The van der Waals surface area contributed by atoms with Crippen molar-refractivity contribution in [2.45, 2.75) is 26.8 Å². The third-order valence-corrected chi connectivity index (χ3v) is 4.34. The second-order valence-electron chi connectivity index (χ2n) is 5.31. The van der Waals surface area contributed by atoms with E-state index < -0.39 is 11.9 Å². The van der Waals surface area contributed by atoms with Crippen molar-refractivity contribution in [1.29, 1.82) is 0 Å². The molecule has 7 nitrogen and oxygen atoms in total. The lowest BCUT2D eigenvalue weighted by Gasteiger charge is -2.07. The molecule has 0 aromatic carbocycles. The lowest BCUT2D eigenvalue weighted by atomic mass is 10.1. The number of furan rings is 1. The highest BCUT2D eigenvalue weighted by molar-refractivity contribution is 7.18. The van der Waals surface area contributed by atoms with Crippen molar-refractivity contribution in [3.8, 4) is 0 Å². The summed E-state index contributed by atoms with van der Waals surface area (Å²) in [6.07, 6.45) is 1.37. The van der Waals surface area contributed by atoms with E-state index >= 15 is 0 Å². The van der Waals surface area contributed by atoms with Crippen LogP contribution in [0.1, 0.15) is 50.0 Å². The molecule has 2 amide bonds. The molecule has 128 valence electrons. The first-order valence-corrected chi connectivity index (χ1v) is 8.04. The van der Waals surface area contributed by atoms with Crippen molar-refractivity contribution < 1.29 is 23.5 Å². The van der Waals surface area contributed by atoms with Gasteiger partial charge in [-0.1, -0.05) is 0 Å². The van der Waals surface area contributed by atoms with Crippen LogP contribution in [-0.2, 0) is 4.74 Å². The molecule has 2 aromatic heterocycles. The van der Waals surface area contributed by atoms with Gasteiger partial charge in [-0.15, -0.1) is 11.3 Å². The van der Waals surface area contributed by atoms with Crippen LogP contribution < -0.4 is 10.6 Å². The molecule has 2 N–H and O–H groups in total. The third-order valence-electron chi connectivity index (χ3n) is 3.13. The number of carbonyl (C=O) groups excluding carboxylic acids is 3. The molecule has 24 heavy (non-hydrogen) atoms. The molecule has 0 aliphatic carbocycles. The van der Waals surface area contributed by atoms with Crippen molar-refractivity contribution in [2.24, 2.45) is 0 Å². The summed E-state index contributed by atoms with van der Waals surface area (Å²) in [5, 5.41) is 5.61. The van der Waals surface area contributed by atoms with Crippen LogP contribution in [0.15, 0.2) is 22.8 Å². The maximum atomic E-state index is 12.3. The van der Waals surface area contributed by atoms with Gasteiger partial charge in [0.25, 0.3) is 11.8 Å². The molecule has 2 heterocycles. The van der Waals surface area contributed by atoms with E-state index in [1.807, 2.05) is 13.8 Å². The van der Waals surface area contributed by atoms with Gasteiger partial charge in [-0.2, -0.15) is 0 Å². The molecule has 0 aliphatic heterocycles. The fourth-order valence-electron chi connectivity index (χ4n) is 2.07. The van der Waals surface area contributed by atoms with Crippen molar-refractivity contribution in [3.63, 3.8) is 0 Å². The number of hydrogen-bond donors (Lipinski definition) is 2. The van der Waals surface area contributed by atoms with E-state index in [4.69, 9.17) is 9.15 Å². The van der Waals surface area contributed by atoms with Crippen LogP contribution in [0.4, 0.5) is 5.00 Å². The van der Waals surface area contributed by atoms with Gasteiger partial charge in [-0.05, 0) is 38.5 Å². The van der Waals surface area contributed by atoms with Crippen molar-refractivity contribution in [2.75, 3.05) is 12.4 Å². The Morgan fingerprint density at radius 3 is 2.50 bits per heavy atom. The predicted molar refractivity (Wildman–Crippen MR) is 89.7 cm³/mol. The zero-order chi connectivity index (χ0) is 17.9. The van der Waals surface area contributed by atoms with Gasteiger partial charge in [0.05, 0.1) is 23.8 Å². The van der Waals surface area contributed by atoms with Crippen LogP contribution >= 0.6 is 11.3 Å². The zero-order valence-electron chi connectivity index (χ0n) is 13.8. The lowest BCUT2D eigenvalue weighted by molar-refractivity contribution is 0.0601. The van der Waals surface area contributed by atoms with E-state index in [9.17, 15) is 14.4 Å². The minimum absolute atomic E-state index is 0.0539. The molecular formula is C16H18N2O5S. The molecule has 0 bridgehead atoms. The van der Waals surface area contributed by atoms with Crippen LogP contribution in [0.25, 0.3) is 0 Å². The Bertz CT molecular complexity index is 762. The Morgan fingerprint density at radius 1 is 1.25 bits per heavy atom. The Morgan fingerprint density at radius 2 is 1.96 bits per heavy atom. The Balaban J connectivity index is 2.40. The van der Waals surface area contributed by atoms with E-state index in [0.29, 0.717) is 10.4 Å². The summed E-state index contributed by atoms with van der Waals surface area (Å²) in [5.41, 5.74) is 0.621. The third kappa shape index (κ3) is 3.65. The second-order valence-corrected chi connectivity index (χ2v) is 6.33. The van der Waals surface area contributed by atoms with Crippen LogP contribution in [0.3, 0.4) is 0 Å². The average molecular weight is 350 g/mol. The summed E-state index contributed by atoms with van der Waals surface area (Å²) in [7, 11) is 1.24. The molecule has 2 aromatic rings. The van der Waals surface area contributed by atoms with Crippen molar-refractivity contribution >= 4 is 34.1 Å². The molecule has 0 fully saturated rings. The van der Waals surface area contributed by atoms with Crippen LogP contribution in [-0.4, -0.2) is 30.9 Å². The molecule has 0 atom stereocenters. The van der Waals surface area contributed by atoms with Gasteiger partial charge in [0.15, 0.2) is 5.76 Å². The van der Waals surface area contributed by atoms with Gasteiger partial charge in [0.1, 0.15) is 5.00 Å². The van der Waals surface area contributed by atoms with Gasteiger partial charge < -0.3 is 19.8 Å².